The van der Waals surface area contributed by atoms with Crippen LogP contribution in [-0.2, 0) is 11.3 Å². The molecule has 0 aliphatic carbocycles. The van der Waals surface area contributed by atoms with Crippen molar-refractivity contribution in [2.45, 2.75) is 13.5 Å². The molecule has 0 aromatic carbocycles. The van der Waals surface area contributed by atoms with E-state index in [1.807, 2.05) is 13.0 Å². The van der Waals surface area contributed by atoms with Crippen LogP contribution in [0.4, 0.5) is 0 Å². The van der Waals surface area contributed by atoms with Crippen LogP contribution < -0.4 is 0 Å². The van der Waals surface area contributed by atoms with Gasteiger partial charge in [0.2, 0.25) is 0 Å². The topological polar surface area (TPSA) is 22.1 Å². The fourth-order valence-corrected chi connectivity index (χ4v) is 0.656. The van der Waals surface area contributed by atoms with Crippen molar-refractivity contribution < 1.29 is 4.74 Å². The average molecular weight is 136 g/mol. The largest absolute Gasteiger partial charge is 0.377 e. The maximum Gasteiger partial charge on any atom is 0.0886 e. The van der Waals surface area contributed by atoms with Crippen LogP contribution in [0, 0.1) is 6.20 Å². The van der Waals surface area contributed by atoms with Gasteiger partial charge in [-0.25, -0.2) is 0 Å². The van der Waals surface area contributed by atoms with Gasteiger partial charge in [-0.05, 0) is 18.6 Å². The van der Waals surface area contributed by atoms with Gasteiger partial charge in [-0.15, -0.1) is 0 Å². The van der Waals surface area contributed by atoms with Crippen molar-refractivity contribution in [1.29, 1.82) is 0 Å². The molecule has 0 saturated heterocycles. The van der Waals surface area contributed by atoms with Gasteiger partial charge in [0, 0.05) is 12.8 Å². The average Bonchev–Trinajstić information content (AvgIpc) is 2.03. The molecule has 10 heavy (non-hydrogen) atoms. The lowest BCUT2D eigenvalue weighted by Crippen LogP contribution is -1.91. The molecule has 0 bridgehead atoms. The molecule has 1 aromatic heterocycles. The minimum Gasteiger partial charge on any atom is -0.377 e. The Hall–Kier alpha value is -0.890. The van der Waals surface area contributed by atoms with Crippen LogP contribution in [0.5, 0.6) is 0 Å². The predicted molar refractivity (Wildman–Crippen MR) is 38.4 cm³/mol. The summed E-state index contributed by atoms with van der Waals surface area (Å²) in [4.78, 5) is 3.83. The van der Waals surface area contributed by atoms with Crippen molar-refractivity contribution in [3.8, 4) is 0 Å². The van der Waals surface area contributed by atoms with Crippen LogP contribution in [0.2, 0.25) is 0 Å². The van der Waals surface area contributed by atoms with Crippen LogP contribution in [0.25, 0.3) is 0 Å². The first-order valence-corrected chi connectivity index (χ1v) is 3.32. The van der Waals surface area contributed by atoms with Gasteiger partial charge in [0.05, 0.1) is 12.8 Å². The standard InChI is InChI=1S/C8H10NO/c1-2-10-7-8-4-3-5-9-6-8/h3-4,6H,2,7H2,1H3. The van der Waals surface area contributed by atoms with Crippen LogP contribution in [0.15, 0.2) is 18.3 Å². The molecule has 0 aliphatic rings. The highest BCUT2D eigenvalue weighted by atomic mass is 16.5. The molecule has 53 valence electrons. The van der Waals surface area contributed by atoms with Crippen molar-refractivity contribution >= 4 is 0 Å². The Morgan fingerprint density at radius 1 is 1.70 bits per heavy atom. The van der Waals surface area contributed by atoms with E-state index < -0.39 is 0 Å². The lowest BCUT2D eigenvalue weighted by atomic mass is 10.3. The Bertz CT molecular complexity index is 174. The molecular formula is C8H10NO. The Morgan fingerprint density at radius 3 is 3.20 bits per heavy atom. The summed E-state index contributed by atoms with van der Waals surface area (Å²) in [6.45, 7) is 3.37. The highest BCUT2D eigenvalue weighted by Gasteiger charge is 1.88. The number of aromatic nitrogens is 1. The molecule has 2 heteroatoms. The van der Waals surface area contributed by atoms with Crippen LogP contribution in [0.1, 0.15) is 12.5 Å². The number of hydrogen-bond acceptors (Lipinski definition) is 2. The van der Waals surface area contributed by atoms with Crippen LogP contribution in [0.3, 0.4) is 0 Å². The van der Waals surface area contributed by atoms with Crippen LogP contribution in [-0.4, -0.2) is 11.6 Å². The van der Waals surface area contributed by atoms with Crippen molar-refractivity contribution in [2.24, 2.45) is 0 Å². The van der Waals surface area contributed by atoms with Gasteiger partial charge in [-0.1, -0.05) is 6.07 Å². The number of pyridine rings is 1. The monoisotopic (exact) mass is 136 g/mol. The fraction of sp³-hybridized carbons (Fsp3) is 0.375. The zero-order chi connectivity index (χ0) is 7.23. The molecule has 0 unspecified atom stereocenters. The summed E-state index contributed by atoms with van der Waals surface area (Å²) in [6.07, 6.45) is 4.46. The van der Waals surface area contributed by atoms with Gasteiger partial charge in [-0.3, -0.25) is 4.98 Å². The highest BCUT2D eigenvalue weighted by Crippen LogP contribution is 1.96. The van der Waals surface area contributed by atoms with E-state index in [2.05, 4.69) is 11.2 Å². The maximum atomic E-state index is 5.17. The van der Waals surface area contributed by atoms with E-state index in [-0.39, 0.29) is 0 Å². The van der Waals surface area contributed by atoms with Gasteiger partial charge < -0.3 is 4.74 Å². The summed E-state index contributed by atoms with van der Waals surface area (Å²) < 4.78 is 5.17. The summed E-state index contributed by atoms with van der Waals surface area (Å²) in [5.74, 6) is 0. The van der Waals surface area contributed by atoms with E-state index >= 15 is 0 Å². The second-order valence-corrected chi connectivity index (χ2v) is 1.93. The molecule has 0 amide bonds. The van der Waals surface area contributed by atoms with Crippen molar-refractivity contribution in [2.75, 3.05) is 6.61 Å². The second kappa shape index (κ2) is 4.01. The van der Waals surface area contributed by atoms with Crippen molar-refractivity contribution in [3.05, 3.63) is 30.1 Å². The molecule has 0 atom stereocenters. The van der Waals surface area contributed by atoms with Crippen molar-refractivity contribution in [3.63, 3.8) is 0 Å². The molecule has 0 saturated carbocycles. The van der Waals surface area contributed by atoms with Gasteiger partial charge in [0.15, 0.2) is 0 Å². The zero-order valence-electron chi connectivity index (χ0n) is 6.00. The molecule has 1 aromatic rings. The third-order valence-corrected chi connectivity index (χ3v) is 1.15. The van der Waals surface area contributed by atoms with Gasteiger partial charge in [0.25, 0.3) is 0 Å². The Labute approximate surface area is 60.9 Å². The second-order valence-electron chi connectivity index (χ2n) is 1.93. The predicted octanol–water partition coefficient (Wildman–Crippen LogP) is 1.42. The van der Waals surface area contributed by atoms with E-state index in [0.717, 1.165) is 12.2 Å². The first-order chi connectivity index (χ1) is 4.93. The van der Waals surface area contributed by atoms with Crippen molar-refractivity contribution in [1.82, 2.24) is 4.98 Å². The first-order valence-electron chi connectivity index (χ1n) is 3.32. The van der Waals surface area contributed by atoms with Gasteiger partial charge in [0.1, 0.15) is 0 Å². The summed E-state index contributed by atoms with van der Waals surface area (Å²) in [5.41, 5.74) is 1.10. The third kappa shape index (κ3) is 2.15. The SMILES string of the molecule is CCOCc1cc[c]nc1. The normalized spacial score (nSPS) is 9.70. The quantitative estimate of drug-likeness (QED) is 0.627. The molecule has 0 spiro atoms. The molecule has 0 N–H and O–H groups in total. The summed E-state index contributed by atoms with van der Waals surface area (Å²) in [6, 6.07) is 3.73. The molecule has 1 radical (unpaired) electrons. The van der Waals surface area contributed by atoms with Gasteiger partial charge >= 0.3 is 0 Å². The molecule has 2 nitrogen and oxygen atoms in total. The Balaban J connectivity index is 2.43. The minimum absolute atomic E-state index is 0.651. The molecule has 0 aliphatic heterocycles. The van der Waals surface area contributed by atoms with E-state index in [9.17, 15) is 0 Å². The summed E-state index contributed by atoms with van der Waals surface area (Å²) in [7, 11) is 0. The molecule has 0 fully saturated rings. The third-order valence-electron chi connectivity index (χ3n) is 1.15. The van der Waals surface area contributed by atoms with E-state index in [0.29, 0.717) is 6.61 Å². The lowest BCUT2D eigenvalue weighted by molar-refractivity contribution is 0.134. The molecular weight excluding hydrogens is 126 g/mol. The zero-order valence-corrected chi connectivity index (χ0v) is 6.00. The van der Waals surface area contributed by atoms with E-state index in [1.54, 1.807) is 12.3 Å². The van der Waals surface area contributed by atoms with E-state index in [4.69, 9.17) is 4.74 Å². The lowest BCUT2D eigenvalue weighted by Gasteiger charge is -1.98. The number of ether oxygens (including phenoxy) is 1. The number of rotatable bonds is 3. The summed E-state index contributed by atoms with van der Waals surface area (Å²) in [5, 5.41) is 0. The maximum absolute atomic E-state index is 5.17. The van der Waals surface area contributed by atoms with Crippen LogP contribution >= 0.6 is 0 Å². The molecule has 1 rings (SSSR count). The van der Waals surface area contributed by atoms with E-state index in [1.165, 1.54) is 0 Å². The Morgan fingerprint density at radius 2 is 2.60 bits per heavy atom. The fourth-order valence-electron chi connectivity index (χ4n) is 0.656. The highest BCUT2D eigenvalue weighted by molar-refractivity contribution is 5.05. The number of nitrogens with zero attached hydrogens (tertiary/aromatic N) is 1. The minimum atomic E-state index is 0.651. The smallest absolute Gasteiger partial charge is 0.0886 e. The first kappa shape index (κ1) is 7.22. The summed E-state index contributed by atoms with van der Waals surface area (Å²) >= 11 is 0. The molecule has 1 heterocycles. The number of hydrogen-bond donors (Lipinski definition) is 0. The Kier molecular flexibility index (Phi) is 2.90. The van der Waals surface area contributed by atoms with Gasteiger partial charge in [-0.2, -0.15) is 0 Å².